The maximum absolute atomic E-state index is 12.9. The maximum Gasteiger partial charge on any atom is 0.263 e. The van der Waals surface area contributed by atoms with E-state index in [1.807, 2.05) is 19.9 Å². The van der Waals surface area contributed by atoms with Crippen molar-refractivity contribution in [3.05, 3.63) is 48.0 Å². The van der Waals surface area contributed by atoms with Crippen molar-refractivity contribution < 1.29 is 27.4 Å². The number of hydrogen-bond acceptors (Lipinski definition) is 7. The highest BCUT2D eigenvalue weighted by molar-refractivity contribution is 7.92. The minimum absolute atomic E-state index is 0.350. The summed E-state index contributed by atoms with van der Waals surface area (Å²) in [5, 5.41) is 4.24. The standard InChI is InChI=1S/C23H31N3O6S/c1-7-20(17-9-14-21(30-4)22(15-17)31-5)24-25-23(27)16(3)26(33(6,28)29)18-10-12-19(13-11-18)32-8-2/h9-16H,7-8H2,1-6H3,(H,25,27). The van der Waals surface area contributed by atoms with Crippen LogP contribution in [0.3, 0.4) is 0 Å². The summed E-state index contributed by atoms with van der Waals surface area (Å²) in [6.45, 7) is 5.75. The van der Waals surface area contributed by atoms with E-state index in [2.05, 4.69) is 10.5 Å². The Hall–Kier alpha value is -3.27. The number of benzene rings is 2. The number of amides is 1. The van der Waals surface area contributed by atoms with Gasteiger partial charge in [-0.2, -0.15) is 5.10 Å². The molecule has 0 saturated carbocycles. The van der Waals surface area contributed by atoms with Gasteiger partial charge in [0.25, 0.3) is 5.91 Å². The van der Waals surface area contributed by atoms with E-state index in [0.717, 1.165) is 16.1 Å². The Morgan fingerprint density at radius 3 is 2.21 bits per heavy atom. The lowest BCUT2D eigenvalue weighted by Gasteiger charge is -2.27. The first-order chi connectivity index (χ1) is 15.7. The van der Waals surface area contributed by atoms with Gasteiger partial charge in [-0.3, -0.25) is 9.10 Å². The smallest absolute Gasteiger partial charge is 0.263 e. The number of rotatable bonds is 11. The molecule has 0 aliphatic carbocycles. The van der Waals surface area contributed by atoms with Gasteiger partial charge < -0.3 is 14.2 Å². The molecule has 0 spiro atoms. The van der Waals surface area contributed by atoms with E-state index in [1.165, 1.54) is 14.0 Å². The van der Waals surface area contributed by atoms with E-state index in [0.29, 0.717) is 41.7 Å². The third kappa shape index (κ3) is 6.61. The molecule has 2 rings (SSSR count). The molecular formula is C23H31N3O6S. The quantitative estimate of drug-likeness (QED) is 0.394. The fourth-order valence-electron chi connectivity index (χ4n) is 3.24. The zero-order chi connectivity index (χ0) is 24.6. The molecule has 1 N–H and O–H groups in total. The van der Waals surface area contributed by atoms with Crippen molar-refractivity contribution in [1.82, 2.24) is 5.43 Å². The van der Waals surface area contributed by atoms with Crippen LogP contribution in [0.5, 0.6) is 17.2 Å². The summed E-state index contributed by atoms with van der Waals surface area (Å²) in [6.07, 6.45) is 1.58. The third-order valence-electron chi connectivity index (χ3n) is 4.84. The minimum atomic E-state index is -3.75. The van der Waals surface area contributed by atoms with E-state index in [9.17, 15) is 13.2 Å². The molecule has 0 aliphatic rings. The van der Waals surface area contributed by atoms with Gasteiger partial charge in [-0.25, -0.2) is 13.8 Å². The van der Waals surface area contributed by atoms with Gasteiger partial charge in [0.1, 0.15) is 11.8 Å². The molecule has 180 valence electrons. The largest absolute Gasteiger partial charge is 0.494 e. The van der Waals surface area contributed by atoms with Gasteiger partial charge in [0.2, 0.25) is 10.0 Å². The van der Waals surface area contributed by atoms with Gasteiger partial charge in [-0.15, -0.1) is 0 Å². The zero-order valence-electron chi connectivity index (χ0n) is 19.8. The first-order valence-corrected chi connectivity index (χ1v) is 12.3. The number of nitrogens with one attached hydrogen (secondary N) is 1. The van der Waals surface area contributed by atoms with Crippen molar-refractivity contribution in [3.8, 4) is 17.2 Å². The molecule has 1 atom stereocenters. The van der Waals surface area contributed by atoms with Crippen LogP contribution in [0.1, 0.15) is 32.8 Å². The highest BCUT2D eigenvalue weighted by atomic mass is 32.2. The first-order valence-electron chi connectivity index (χ1n) is 10.5. The summed E-state index contributed by atoms with van der Waals surface area (Å²) in [5.41, 5.74) is 4.19. The average molecular weight is 478 g/mol. The van der Waals surface area contributed by atoms with Crippen molar-refractivity contribution in [1.29, 1.82) is 0 Å². The average Bonchev–Trinajstić information content (AvgIpc) is 2.79. The molecule has 0 aromatic heterocycles. The van der Waals surface area contributed by atoms with Gasteiger partial charge >= 0.3 is 0 Å². The number of ether oxygens (including phenoxy) is 3. The van der Waals surface area contributed by atoms with Crippen LogP contribution in [-0.2, 0) is 14.8 Å². The number of methoxy groups -OCH3 is 2. The second-order valence-corrected chi connectivity index (χ2v) is 8.98. The molecule has 0 bridgehead atoms. The summed E-state index contributed by atoms with van der Waals surface area (Å²) in [6, 6.07) is 10.8. The van der Waals surface area contributed by atoms with Crippen LogP contribution < -0.4 is 23.9 Å². The Morgan fingerprint density at radius 1 is 1.06 bits per heavy atom. The van der Waals surface area contributed by atoms with Crippen molar-refractivity contribution in [2.24, 2.45) is 5.10 Å². The van der Waals surface area contributed by atoms with Gasteiger partial charge in [0.15, 0.2) is 11.5 Å². The summed E-state index contributed by atoms with van der Waals surface area (Å²) >= 11 is 0. The van der Waals surface area contributed by atoms with Crippen LogP contribution in [0, 0.1) is 0 Å². The number of nitrogens with zero attached hydrogens (tertiary/aromatic N) is 2. The highest BCUT2D eigenvalue weighted by Crippen LogP contribution is 2.28. The van der Waals surface area contributed by atoms with Crippen LogP contribution >= 0.6 is 0 Å². The van der Waals surface area contributed by atoms with E-state index in [4.69, 9.17) is 14.2 Å². The van der Waals surface area contributed by atoms with E-state index < -0.39 is 22.0 Å². The maximum atomic E-state index is 12.9. The van der Waals surface area contributed by atoms with Crippen molar-refractivity contribution in [2.75, 3.05) is 31.4 Å². The molecule has 0 radical (unpaired) electrons. The van der Waals surface area contributed by atoms with Gasteiger partial charge in [-0.05, 0) is 62.7 Å². The topological polar surface area (TPSA) is 107 Å². The fourth-order valence-corrected chi connectivity index (χ4v) is 4.42. The molecule has 1 unspecified atom stereocenters. The lowest BCUT2D eigenvalue weighted by molar-refractivity contribution is -0.121. The lowest BCUT2D eigenvalue weighted by atomic mass is 10.1. The molecule has 1 amide bonds. The van der Waals surface area contributed by atoms with Crippen molar-refractivity contribution in [3.63, 3.8) is 0 Å². The molecule has 2 aromatic rings. The van der Waals surface area contributed by atoms with Crippen molar-refractivity contribution in [2.45, 2.75) is 33.2 Å². The van der Waals surface area contributed by atoms with Crippen LogP contribution in [0.25, 0.3) is 0 Å². The Balaban J connectivity index is 2.27. The number of sulfonamides is 1. The normalized spacial score (nSPS) is 12.6. The van der Waals surface area contributed by atoms with Gasteiger partial charge in [-0.1, -0.05) is 6.92 Å². The number of anilines is 1. The second-order valence-electron chi connectivity index (χ2n) is 7.12. The van der Waals surface area contributed by atoms with E-state index in [1.54, 1.807) is 43.5 Å². The Kier molecular flexibility index (Phi) is 9.10. The van der Waals surface area contributed by atoms with Crippen molar-refractivity contribution >= 4 is 27.3 Å². The van der Waals surface area contributed by atoms with Crippen LogP contribution in [0.2, 0.25) is 0 Å². The zero-order valence-corrected chi connectivity index (χ0v) is 20.6. The summed E-state index contributed by atoms with van der Waals surface area (Å²) in [5.74, 6) is 1.16. The molecule has 0 fully saturated rings. The molecule has 0 aliphatic heterocycles. The second kappa shape index (κ2) is 11.6. The number of hydrazone groups is 1. The lowest BCUT2D eigenvalue weighted by Crippen LogP contribution is -2.47. The Morgan fingerprint density at radius 2 is 1.70 bits per heavy atom. The molecule has 2 aromatic carbocycles. The molecule has 33 heavy (non-hydrogen) atoms. The Bertz CT molecular complexity index is 1080. The van der Waals surface area contributed by atoms with Crippen LogP contribution in [0.4, 0.5) is 5.69 Å². The molecular weight excluding hydrogens is 446 g/mol. The molecule has 9 nitrogen and oxygen atoms in total. The first kappa shape index (κ1) is 26.0. The fraction of sp³-hybridized carbons (Fsp3) is 0.391. The predicted octanol–water partition coefficient (Wildman–Crippen LogP) is 3.19. The molecule has 0 heterocycles. The van der Waals surface area contributed by atoms with E-state index in [-0.39, 0.29) is 0 Å². The highest BCUT2D eigenvalue weighted by Gasteiger charge is 2.29. The van der Waals surface area contributed by atoms with E-state index >= 15 is 0 Å². The SMILES string of the molecule is CCOc1ccc(N(C(C)C(=O)NN=C(CC)c2ccc(OC)c(OC)c2)S(C)(=O)=O)cc1. The van der Waals surface area contributed by atoms with Crippen LogP contribution in [-0.4, -0.2) is 53.2 Å². The number of carbonyl (C=O) groups is 1. The monoisotopic (exact) mass is 477 g/mol. The number of hydrogen-bond donors (Lipinski definition) is 1. The number of carbonyl (C=O) groups excluding carboxylic acids is 1. The summed E-state index contributed by atoms with van der Waals surface area (Å²) in [7, 11) is -0.664. The predicted molar refractivity (Wildman–Crippen MR) is 129 cm³/mol. The molecule has 0 saturated heterocycles. The van der Waals surface area contributed by atoms with Gasteiger partial charge in [0.05, 0.1) is 38.5 Å². The third-order valence-corrected chi connectivity index (χ3v) is 6.09. The summed E-state index contributed by atoms with van der Waals surface area (Å²) in [4.78, 5) is 12.9. The van der Waals surface area contributed by atoms with Gasteiger partial charge in [0, 0.05) is 5.56 Å². The molecule has 10 heteroatoms. The Labute approximate surface area is 195 Å². The van der Waals surface area contributed by atoms with Crippen LogP contribution in [0.15, 0.2) is 47.6 Å². The minimum Gasteiger partial charge on any atom is -0.494 e. The summed E-state index contributed by atoms with van der Waals surface area (Å²) < 4.78 is 42.0.